The van der Waals surface area contributed by atoms with Crippen molar-refractivity contribution >= 4 is 21.6 Å². The second-order valence-corrected chi connectivity index (χ2v) is 5.82. The van der Waals surface area contributed by atoms with Gasteiger partial charge in [0.2, 0.25) is 0 Å². The van der Waals surface area contributed by atoms with Gasteiger partial charge in [0.15, 0.2) is 0 Å². The summed E-state index contributed by atoms with van der Waals surface area (Å²) in [6.07, 6.45) is 1.45. The zero-order chi connectivity index (χ0) is 14.4. The summed E-state index contributed by atoms with van der Waals surface area (Å²) >= 11 is 3.45. The van der Waals surface area contributed by atoms with Crippen molar-refractivity contribution in [2.75, 3.05) is 5.32 Å². The van der Waals surface area contributed by atoms with Crippen LogP contribution in [0.3, 0.4) is 0 Å². The van der Waals surface area contributed by atoms with Crippen molar-refractivity contribution in [2.45, 2.75) is 25.8 Å². The Labute approximate surface area is 128 Å². The van der Waals surface area contributed by atoms with E-state index in [1.165, 1.54) is 5.56 Å². The molecule has 3 heteroatoms. The van der Waals surface area contributed by atoms with E-state index in [0.29, 0.717) is 12.5 Å². The van der Waals surface area contributed by atoms with Crippen LogP contribution in [0.4, 0.5) is 5.69 Å². The molecule has 0 aliphatic rings. The Morgan fingerprint density at radius 1 is 1.05 bits per heavy atom. The zero-order valence-electron chi connectivity index (χ0n) is 11.4. The first-order valence-corrected chi connectivity index (χ1v) is 7.43. The van der Waals surface area contributed by atoms with Crippen LogP contribution in [-0.2, 0) is 12.8 Å². The zero-order valence-corrected chi connectivity index (χ0v) is 13.0. The smallest absolute Gasteiger partial charge is 0.0669 e. The molecule has 2 nitrogen and oxygen atoms in total. The molecule has 2 rings (SSSR count). The van der Waals surface area contributed by atoms with Crippen molar-refractivity contribution in [2.24, 2.45) is 0 Å². The molecule has 0 bridgehead atoms. The van der Waals surface area contributed by atoms with Gasteiger partial charge in [-0.3, -0.25) is 0 Å². The molecule has 1 atom stereocenters. The summed E-state index contributed by atoms with van der Waals surface area (Å²) in [6, 6.07) is 19.0. The Balaban J connectivity index is 1.92. The van der Waals surface area contributed by atoms with Gasteiger partial charge in [-0.25, -0.2) is 0 Å². The summed E-state index contributed by atoms with van der Waals surface area (Å²) in [5.74, 6) is 0. The van der Waals surface area contributed by atoms with E-state index in [1.54, 1.807) is 0 Å². The molecule has 0 aromatic heterocycles. The third kappa shape index (κ3) is 4.40. The van der Waals surface area contributed by atoms with E-state index in [-0.39, 0.29) is 0 Å². The predicted molar refractivity (Wildman–Crippen MR) is 86.7 cm³/mol. The molecule has 0 aliphatic heterocycles. The van der Waals surface area contributed by atoms with Crippen molar-refractivity contribution in [3.05, 3.63) is 64.1 Å². The van der Waals surface area contributed by atoms with Crippen LogP contribution in [-0.4, -0.2) is 6.04 Å². The van der Waals surface area contributed by atoms with Gasteiger partial charge < -0.3 is 5.32 Å². The van der Waals surface area contributed by atoms with E-state index in [4.69, 9.17) is 5.26 Å². The molecule has 0 heterocycles. The van der Waals surface area contributed by atoms with E-state index >= 15 is 0 Å². The Morgan fingerprint density at radius 2 is 1.65 bits per heavy atom. The fourth-order valence-electron chi connectivity index (χ4n) is 2.12. The fraction of sp³-hybridized carbons (Fsp3) is 0.235. The van der Waals surface area contributed by atoms with Crippen LogP contribution in [0.2, 0.25) is 0 Å². The van der Waals surface area contributed by atoms with Crippen LogP contribution in [0, 0.1) is 11.3 Å². The summed E-state index contributed by atoms with van der Waals surface area (Å²) in [4.78, 5) is 0. The molecule has 102 valence electrons. The maximum absolute atomic E-state index is 8.65. The van der Waals surface area contributed by atoms with Gasteiger partial charge in [-0.1, -0.05) is 40.2 Å². The first-order chi connectivity index (χ1) is 9.67. The number of anilines is 1. The highest BCUT2D eigenvalue weighted by atomic mass is 79.9. The number of nitrogens with zero attached hydrogens (tertiary/aromatic N) is 1. The number of rotatable bonds is 5. The van der Waals surface area contributed by atoms with Crippen LogP contribution in [0.25, 0.3) is 0 Å². The maximum Gasteiger partial charge on any atom is 0.0669 e. The molecular weight excluding hydrogens is 312 g/mol. The highest BCUT2D eigenvalue weighted by molar-refractivity contribution is 9.10. The summed E-state index contributed by atoms with van der Waals surface area (Å²) in [5, 5.41) is 12.1. The molecule has 0 fully saturated rings. The lowest BCUT2D eigenvalue weighted by Crippen LogP contribution is -2.17. The number of nitrogens with one attached hydrogen (secondary N) is 1. The van der Waals surface area contributed by atoms with E-state index in [9.17, 15) is 0 Å². The van der Waals surface area contributed by atoms with E-state index in [0.717, 1.165) is 22.1 Å². The molecule has 1 N–H and O–H groups in total. The van der Waals surface area contributed by atoms with Gasteiger partial charge in [-0.15, -0.1) is 0 Å². The molecule has 0 aliphatic carbocycles. The Morgan fingerprint density at radius 3 is 2.25 bits per heavy atom. The first kappa shape index (κ1) is 14.6. The minimum Gasteiger partial charge on any atom is -0.382 e. The molecule has 1 unspecified atom stereocenters. The summed E-state index contributed by atoms with van der Waals surface area (Å²) in [7, 11) is 0. The molecule has 0 spiro atoms. The van der Waals surface area contributed by atoms with Crippen LogP contribution >= 0.6 is 15.9 Å². The van der Waals surface area contributed by atoms with Gasteiger partial charge in [-0.2, -0.15) is 5.26 Å². The Bertz CT molecular complexity index is 582. The van der Waals surface area contributed by atoms with Crippen molar-refractivity contribution in [3.8, 4) is 6.07 Å². The van der Waals surface area contributed by atoms with Gasteiger partial charge in [0, 0.05) is 16.2 Å². The predicted octanol–water partition coefficient (Wildman–Crippen LogP) is 4.56. The molecule has 0 radical (unpaired) electrons. The normalized spacial score (nSPS) is 11.7. The molecular formula is C17H17BrN2. The standard InChI is InChI=1S/C17H17BrN2/c1-13(12-15-2-6-16(18)7-3-15)20-17-8-4-14(5-9-17)10-11-19/h2-9,13,20H,10,12H2,1H3. The summed E-state index contributed by atoms with van der Waals surface area (Å²) < 4.78 is 1.11. The van der Waals surface area contributed by atoms with E-state index in [2.05, 4.69) is 58.5 Å². The number of benzene rings is 2. The maximum atomic E-state index is 8.65. The van der Waals surface area contributed by atoms with E-state index < -0.39 is 0 Å². The summed E-state index contributed by atoms with van der Waals surface area (Å²) in [5.41, 5.74) is 3.46. The van der Waals surface area contributed by atoms with Crippen LogP contribution in [0.1, 0.15) is 18.1 Å². The third-order valence-corrected chi connectivity index (χ3v) is 3.63. The van der Waals surface area contributed by atoms with Crippen molar-refractivity contribution < 1.29 is 0 Å². The van der Waals surface area contributed by atoms with Gasteiger partial charge in [-0.05, 0) is 48.7 Å². The minimum absolute atomic E-state index is 0.359. The largest absolute Gasteiger partial charge is 0.382 e. The molecule has 0 saturated heterocycles. The lowest BCUT2D eigenvalue weighted by Gasteiger charge is -2.15. The monoisotopic (exact) mass is 328 g/mol. The van der Waals surface area contributed by atoms with Gasteiger partial charge in [0.05, 0.1) is 12.5 Å². The summed E-state index contributed by atoms with van der Waals surface area (Å²) in [6.45, 7) is 2.17. The lowest BCUT2D eigenvalue weighted by molar-refractivity contribution is 0.790. The fourth-order valence-corrected chi connectivity index (χ4v) is 2.38. The van der Waals surface area contributed by atoms with Crippen LogP contribution < -0.4 is 5.32 Å². The number of halogens is 1. The average molecular weight is 329 g/mol. The lowest BCUT2D eigenvalue weighted by atomic mass is 10.1. The van der Waals surface area contributed by atoms with Crippen molar-refractivity contribution in [1.29, 1.82) is 5.26 Å². The Kier molecular flexibility index (Phi) is 5.20. The van der Waals surface area contributed by atoms with Crippen LogP contribution in [0.15, 0.2) is 53.0 Å². The van der Waals surface area contributed by atoms with E-state index in [1.807, 2.05) is 24.3 Å². The number of hydrogen-bond donors (Lipinski definition) is 1. The van der Waals surface area contributed by atoms with Crippen molar-refractivity contribution in [3.63, 3.8) is 0 Å². The average Bonchev–Trinajstić information content (AvgIpc) is 2.44. The van der Waals surface area contributed by atoms with Crippen LogP contribution in [0.5, 0.6) is 0 Å². The number of nitriles is 1. The quantitative estimate of drug-likeness (QED) is 0.873. The first-order valence-electron chi connectivity index (χ1n) is 6.64. The van der Waals surface area contributed by atoms with Gasteiger partial charge in [0.25, 0.3) is 0 Å². The topological polar surface area (TPSA) is 35.8 Å². The molecule has 20 heavy (non-hydrogen) atoms. The second-order valence-electron chi connectivity index (χ2n) is 4.91. The van der Waals surface area contributed by atoms with Gasteiger partial charge >= 0.3 is 0 Å². The molecule has 2 aromatic carbocycles. The SMILES string of the molecule is CC(Cc1ccc(Br)cc1)Nc1ccc(CC#N)cc1. The second kappa shape index (κ2) is 7.12. The Hall–Kier alpha value is -1.79. The molecule has 2 aromatic rings. The van der Waals surface area contributed by atoms with Crippen molar-refractivity contribution in [1.82, 2.24) is 0 Å². The highest BCUT2D eigenvalue weighted by Crippen LogP contribution is 2.15. The number of hydrogen-bond acceptors (Lipinski definition) is 2. The highest BCUT2D eigenvalue weighted by Gasteiger charge is 2.04. The minimum atomic E-state index is 0.359. The van der Waals surface area contributed by atoms with Gasteiger partial charge in [0.1, 0.15) is 0 Å². The molecule has 0 amide bonds. The molecule has 0 saturated carbocycles. The third-order valence-electron chi connectivity index (χ3n) is 3.11.